The number of hydrogen-bond acceptors (Lipinski definition) is 1. The van der Waals surface area contributed by atoms with E-state index in [2.05, 4.69) is 45.0 Å². The van der Waals surface area contributed by atoms with Crippen molar-refractivity contribution >= 4 is 0 Å². The van der Waals surface area contributed by atoms with Crippen LogP contribution in [0.5, 0.6) is 5.75 Å². The smallest absolute Gasteiger partial charge is 0.119 e. The SMILES string of the molecule is CCCCOc1ccc(C2CCC(C3CCC(CCCC)CC3)CC2C)cc1. The fraction of sp³-hybridized carbons (Fsp3) is 0.778. The van der Waals surface area contributed by atoms with Gasteiger partial charge in [0.2, 0.25) is 0 Å². The molecule has 0 radical (unpaired) electrons. The second-order valence-corrected chi connectivity index (χ2v) is 9.85. The molecule has 2 aliphatic rings. The Bertz CT molecular complexity index is 540. The first-order valence-corrected chi connectivity index (χ1v) is 12.4. The summed E-state index contributed by atoms with van der Waals surface area (Å²) in [5.41, 5.74) is 1.54. The van der Waals surface area contributed by atoms with Crippen molar-refractivity contribution in [3.63, 3.8) is 0 Å². The van der Waals surface area contributed by atoms with Crippen LogP contribution in [0.1, 0.15) is 109 Å². The highest BCUT2D eigenvalue weighted by molar-refractivity contribution is 5.30. The number of ether oxygens (including phenoxy) is 1. The predicted octanol–water partition coefficient (Wildman–Crippen LogP) is 8.38. The van der Waals surface area contributed by atoms with E-state index in [0.717, 1.165) is 48.4 Å². The van der Waals surface area contributed by atoms with Gasteiger partial charge in [-0.1, -0.05) is 71.4 Å². The minimum atomic E-state index is 0.752. The van der Waals surface area contributed by atoms with Crippen LogP contribution in [0.2, 0.25) is 0 Å². The van der Waals surface area contributed by atoms with Crippen LogP contribution in [0.15, 0.2) is 24.3 Å². The maximum atomic E-state index is 5.85. The number of benzene rings is 1. The van der Waals surface area contributed by atoms with E-state index in [9.17, 15) is 0 Å². The maximum Gasteiger partial charge on any atom is 0.119 e. The van der Waals surface area contributed by atoms with Gasteiger partial charge in [0.1, 0.15) is 5.75 Å². The molecular formula is C27H44O. The molecule has 158 valence electrons. The second kappa shape index (κ2) is 11.3. The zero-order chi connectivity index (χ0) is 19.8. The van der Waals surface area contributed by atoms with E-state index < -0.39 is 0 Å². The summed E-state index contributed by atoms with van der Waals surface area (Å²) in [5, 5.41) is 0. The molecule has 2 fully saturated rings. The summed E-state index contributed by atoms with van der Waals surface area (Å²) in [6.07, 6.45) is 17.0. The normalized spacial score (nSPS) is 30.9. The maximum absolute atomic E-state index is 5.85. The Labute approximate surface area is 174 Å². The number of hydrogen-bond donors (Lipinski definition) is 0. The largest absolute Gasteiger partial charge is 0.494 e. The Morgan fingerprint density at radius 3 is 2.14 bits per heavy atom. The molecule has 0 N–H and O–H groups in total. The Kier molecular flexibility index (Phi) is 8.74. The lowest BCUT2D eigenvalue weighted by molar-refractivity contribution is 0.130. The summed E-state index contributed by atoms with van der Waals surface area (Å²) in [4.78, 5) is 0. The molecule has 28 heavy (non-hydrogen) atoms. The van der Waals surface area contributed by atoms with Gasteiger partial charge in [0.05, 0.1) is 6.61 Å². The van der Waals surface area contributed by atoms with Crippen molar-refractivity contribution in [2.75, 3.05) is 6.61 Å². The first kappa shape index (κ1) is 21.7. The van der Waals surface area contributed by atoms with Crippen LogP contribution in [0, 0.1) is 23.7 Å². The average Bonchev–Trinajstić information content (AvgIpc) is 2.73. The van der Waals surface area contributed by atoms with Crippen molar-refractivity contribution in [2.24, 2.45) is 23.7 Å². The summed E-state index contributed by atoms with van der Waals surface area (Å²) >= 11 is 0. The fourth-order valence-electron chi connectivity index (χ4n) is 5.95. The molecule has 3 rings (SSSR count). The van der Waals surface area contributed by atoms with Crippen LogP contribution in [0.25, 0.3) is 0 Å². The van der Waals surface area contributed by atoms with Crippen molar-refractivity contribution in [2.45, 2.75) is 104 Å². The first-order valence-electron chi connectivity index (χ1n) is 12.4. The molecule has 0 amide bonds. The van der Waals surface area contributed by atoms with Gasteiger partial charge in [0.25, 0.3) is 0 Å². The predicted molar refractivity (Wildman–Crippen MR) is 121 cm³/mol. The quantitative estimate of drug-likeness (QED) is 0.388. The van der Waals surface area contributed by atoms with Crippen molar-refractivity contribution in [3.8, 4) is 5.75 Å². The lowest BCUT2D eigenvalue weighted by Crippen LogP contribution is -2.29. The molecule has 0 aliphatic heterocycles. The molecular weight excluding hydrogens is 340 g/mol. The second-order valence-electron chi connectivity index (χ2n) is 9.85. The van der Waals surface area contributed by atoms with Gasteiger partial charge in [-0.2, -0.15) is 0 Å². The molecule has 3 unspecified atom stereocenters. The number of unbranched alkanes of at least 4 members (excludes halogenated alkanes) is 2. The van der Waals surface area contributed by atoms with Gasteiger partial charge < -0.3 is 4.74 Å². The Morgan fingerprint density at radius 1 is 0.821 bits per heavy atom. The highest BCUT2D eigenvalue weighted by atomic mass is 16.5. The van der Waals surface area contributed by atoms with Crippen LogP contribution in [0.4, 0.5) is 0 Å². The summed E-state index contributed by atoms with van der Waals surface area (Å²) in [5.74, 6) is 5.68. The zero-order valence-corrected chi connectivity index (χ0v) is 18.8. The van der Waals surface area contributed by atoms with Gasteiger partial charge in [-0.25, -0.2) is 0 Å². The van der Waals surface area contributed by atoms with Crippen LogP contribution >= 0.6 is 0 Å². The van der Waals surface area contributed by atoms with E-state index in [0.29, 0.717) is 0 Å². The third kappa shape index (κ3) is 6.01. The Hall–Kier alpha value is -0.980. The minimum Gasteiger partial charge on any atom is -0.494 e. The van der Waals surface area contributed by atoms with Gasteiger partial charge >= 0.3 is 0 Å². The van der Waals surface area contributed by atoms with Crippen LogP contribution in [-0.2, 0) is 0 Å². The molecule has 1 nitrogen and oxygen atoms in total. The van der Waals surface area contributed by atoms with Gasteiger partial charge in [-0.05, 0) is 85.8 Å². The number of rotatable bonds is 9. The fourth-order valence-corrected chi connectivity index (χ4v) is 5.95. The van der Waals surface area contributed by atoms with Gasteiger partial charge in [-0.15, -0.1) is 0 Å². The Balaban J connectivity index is 1.46. The molecule has 0 saturated heterocycles. The molecule has 3 atom stereocenters. The highest BCUT2D eigenvalue weighted by Gasteiger charge is 2.34. The molecule has 1 aromatic rings. The molecule has 0 spiro atoms. The first-order chi connectivity index (χ1) is 13.7. The van der Waals surface area contributed by atoms with E-state index in [1.807, 2.05) is 0 Å². The minimum absolute atomic E-state index is 0.752. The summed E-state index contributed by atoms with van der Waals surface area (Å²) in [6.45, 7) is 7.90. The summed E-state index contributed by atoms with van der Waals surface area (Å²) in [6, 6.07) is 9.06. The lowest BCUT2D eigenvalue weighted by Gasteiger charge is -2.41. The van der Waals surface area contributed by atoms with Crippen molar-refractivity contribution in [1.82, 2.24) is 0 Å². The molecule has 2 saturated carbocycles. The lowest BCUT2D eigenvalue weighted by atomic mass is 9.65. The topological polar surface area (TPSA) is 9.23 Å². The van der Waals surface area contributed by atoms with Crippen LogP contribution < -0.4 is 4.74 Å². The highest BCUT2D eigenvalue weighted by Crippen LogP contribution is 2.47. The molecule has 1 heteroatoms. The zero-order valence-electron chi connectivity index (χ0n) is 18.8. The van der Waals surface area contributed by atoms with E-state index in [1.165, 1.54) is 76.2 Å². The molecule has 0 heterocycles. The van der Waals surface area contributed by atoms with Crippen molar-refractivity contribution in [1.29, 1.82) is 0 Å². The molecule has 0 aromatic heterocycles. The third-order valence-electron chi connectivity index (χ3n) is 7.81. The van der Waals surface area contributed by atoms with Gasteiger partial charge in [0, 0.05) is 0 Å². The summed E-state index contributed by atoms with van der Waals surface area (Å²) < 4.78 is 5.85. The van der Waals surface area contributed by atoms with Crippen LogP contribution in [0.3, 0.4) is 0 Å². The summed E-state index contributed by atoms with van der Waals surface area (Å²) in [7, 11) is 0. The van der Waals surface area contributed by atoms with E-state index in [-0.39, 0.29) is 0 Å². The van der Waals surface area contributed by atoms with Crippen molar-refractivity contribution < 1.29 is 4.74 Å². The van der Waals surface area contributed by atoms with E-state index in [1.54, 1.807) is 0 Å². The average molecular weight is 385 g/mol. The van der Waals surface area contributed by atoms with Crippen LogP contribution in [-0.4, -0.2) is 6.61 Å². The third-order valence-corrected chi connectivity index (χ3v) is 7.81. The van der Waals surface area contributed by atoms with Crippen molar-refractivity contribution in [3.05, 3.63) is 29.8 Å². The van der Waals surface area contributed by atoms with Gasteiger partial charge in [-0.3, -0.25) is 0 Å². The van der Waals surface area contributed by atoms with E-state index >= 15 is 0 Å². The standard InChI is InChI=1S/C27H44O/c1-4-6-8-22-9-11-23(12-10-22)25-15-18-27(21(3)20-25)24-13-16-26(17-14-24)28-19-7-5-2/h13-14,16-17,21-23,25,27H,4-12,15,18-20H2,1-3H3. The monoisotopic (exact) mass is 384 g/mol. The molecule has 2 aliphatic carbocycles. The van der Waals surface area contributed by atoms with E-state index in [4.69, 9.17) is 4.74 Å². The molecule has 1 aromatic carbocycles. The molecule has 0 bridgehead atoms. The Morgan fingerprint density at radius 2 is 1.50 bits per heavy atom. The van der Waals surface area contributed by atoms with Gasteiger partial charge in [0.15, 0.2) is 0 Å².